The highest BCUT2D eigenvalue weighted by Gasteiger charge is 2.36. The van der Waals surface area contributed by atoms with Crippen LogP contribution in [0.5, 0.6) is 0 Å². The fourth-order valence-electron chi connectivity index (χ4n) is 3.39. The van der Waals surface area contributed by atoms with E-state index in [0.29, 0.717) is 22.5 Å². The van der Waals surface area contributed by atoms with E-state index in [-0.39, 0.29) is 11.4 Å². The lowest BCUT2D eigenvalue weighted by Gasteiger charge is -2.18. The maximum absolute atomic E-state index is 12.9. The third-order valence-corrected chi connectivity index (χ3v) is 6.54. The van der Waals surface area contributed by atoms with Crippen molar-refractivity contribution in [1.82, 2.24) is 9.78 Å². The van der Waals surface area contributed by atoms with E-state index in [4.69, 9.17) is 0 Å². The first-order valence-corrected chi connectivity index (χ1v) is 9.59. The molecule has 134 valence electrons. The standard InChI is InChI=1S/C18H18N4O3S/c1-11-18(12(2)21(3)20-11)19-16(23)10-22-14-8-4-6-13-7-5-9-15(17(13)14)26(22,24)25/h4-9H,10H2,1-3H3,(H,19,23). The molecule has 0 unspecified atom stereocenters. The van der Waals surface area contributed by atoms with Gasteiger partial charge in [-0.3, -0.25) is 13.8 Å². The Kier molecular flexibility index (Phi) is 3.55. The number of rotatable bonds is 3. The van der Waals surface area contributed by atoms with Gasteiger partial charge in [0.1, 0.15) is 6.54 Å². The van der Waals surface area contributed by atoms with Gasteiger partial charge < -0.3 is 5.32 Å². The average molecular weight is 370 g/mol. The molecular weight excluding hydrogens is 352 g/mol. The van der Waals surface area contributed by atoms with E-state index in [2.05, 4.69) is 10.4 Å². The lowest BCUT2D eigenvalue weighted by Crippen LogP contribution is -2.35. The summed E-state index contributed by atoms with van der Waals surface area (Å²) < 4.78 is 28.7. The Labute approximate surface area is 151 Å². The third-order valence-electron chi connectivity index (χ3n) is 4.74. The number of benzene rings is 2. The van der Waals surface area contributed by atoms with Gasteiger partial charge in [0.2, 0.25) is 5.91 Å². The highest BCUT2D eigenvalue weighted by atomic mass is 32.2. The van der Waals surface area contributed by atoms with Gasteiger partial charge in [-0.25, -0.2) is 8.42 Å². The van der Waals surface area contributed by atoms with E-state index in [1.54, 1.807) is 42.9 Å². The average Bonchev–Trinajstić information content (AvgIpc) is 2.96. The Morgan fingerprint density at radius 2 is 1.85 bits per heavy atom. The van der Waals surface area contributed by atoms with Crippen molar-refractivity contribution in [1.29, 1.82) is 0 Å². The van der Waals surface area contributed by atoms with Crippen molar-refractivity contribution in [2.24, 2.45) is 7.05 Å². The molecule has 1 aromatic heterocycles. The van der Waals surface area contributed by atoms with Crippen LogP contribution in [0, 0.1) is 13.8 Å². The zero-order valence-corrected chi connectivity index (χ0v) is 15.5. The van der Waals surface area contributed by atoms with Crippen LogP contribution in [-0.4, -0.2) is 30.7 Å². The number of carbonyl (C=O) groups is 1. The molecule has 0 atom stereocenters. The highest BCUT2D eigenvalue weighted by molar-refractivity contribution is 7.93. The van der Waals surface area contributed by atoms with Gasteiger partial charge in [-0.1, -0.05) is 24.3 Å². The van der Waals surface area contributed by atoms with E-state index < -0.39 is 15.9 Å². The maximum Gasteiger partial charge on any atom is 0.265 e. The molecule has 0 saturated carbocycles. The maximum atomic E-state index is 12.9. The largest absolute Gasteiger partial charge is 0.321 e. The van der Waals surface area contributed by atoms with Crippen molar-refractivity contribution in [3.8, 4) is 0 Å². The van der Waals surface area contributed by atoms with Crippen molar-refractivity contribution in [2.45, 2.75) is 18.7 Å². The molecule has 7 nitrogen and oxygen atoms in total. The number of carbonyl (C=O) groups excluding carboxylic acids is 1. The van der Waals surface area contributed by atoms with Crippen LogP contribution in [0.15, 0.2) is 41.3 Å². The molecule has 2 heterocycles. The molecule has 8 heteroatoms. The monoisotopic (exact) mass is 370 g/mol. The fraction of sp³-hybridized carbons (Fsp3) is 0.222. The summed E-state index contributed by atoms with van der Waals surface area (Å²) in [6.45, 7) is 3.36. The fourth-order valence-corrected chi connectivity index (χ4v) is 5.06. The second-order valence-electron chi connectivity index (χ2n) is 6.36. The minimum atomic E-state index is -3.75. The summed E-state index contributed by atoms with van der Waals surface area (Å²) in [4.78, 5) is 12.8. The molecule has 2 aromatic carbocycles. The van der Waals surface area contributed by atoms with E-state index in [9.17, 15) is 13.2 Å². The molecule has 0 spiro atoms. The molecule has 26 heavy (non-hydrogen) atoms. The first-order valence-electron chi connectivity index (χ1n) is 8.15. The minimum Gasteiger partial charge on any atom is -0.321 e. The van der Waals surface area contributed by atoms with Crippen LogP contribution < -0.4 is 9.62 Å². The van der Waals surface area contributed by atoms with E-state index in [0.717, 1.165) is 11.1 Å². The lowest BCUT2D eigenvalue weighted by atomic mass is 10.1. The number of aromatic nitrogens is 2. The van der Waals surface area contributed by atoms with E-state index in [1.165, 1.54) is 4.31 Å². The van der Waals surface area contributed by atoms with Crippen molar-refractivity contribution in [3.63, 3.8) is 0 Å². The van der Waals surface area contributed by atoms with Crippen molar-refractivity contribution in [3.05, 3.63) is 47.8 Å². The van der Waals surface area contributed by atoms with Gasteiger partial charge in [0.05, 0.1) is 27.7 Å². The molecule has 0 radical (unpaired) electrons. The second-order valence-corrected chi connectivity index (χ2v) is 8.19. The summed E-state index contributed by atoms with van der Waals surface area (Å²) >= 11 is 0. The molecule has 1 aliphatic heterocycles. The van der Waals surface area contributed by atoms with Gasteiger partial charge in [0, 0.05) is 12.4 Å². The smallest absolute Gasteiger partial charge is 0.265 e. The van der Waals surface area contributed by atoms with Crippen LogP contribution in [0.2, 0.25) is 0 Å². The van der Waals surface area contributed by atoms with Gasteiger partial charge in [0.25, 0.3) is 10.0 Å². The zero-order chi connectivity index (χ0) is 18.6. The Hall–Kier alpha value is -2.87. The first-order chi connectivity index (χ1) is 12.3. The van der Waals surface area contributed by atoms with Crippen molar-refractivity contribution in [2.75, 3.05) is 16.2 Å². The van der Waals surface area contributed by atoms with Gasteiger partial charge in [0.15, 0.2) is 0 Å². The topological polar surface area (TPSA) is 84.3 Å². The molecule has 0 saturated heterocycles. The number of sulfonamides is 1. The highest BCUT2D eigenvalue weighted by Crippen LogP contribution is 2.41. The number of nitrogens with zero attached hydrogens (tertiary/aromatic N) is 3. The van der Waals surface area contributed by atoms with E-state index >= 15 is 0 Å². The van der Waals surface area contributed by atoms with E-state index in [1.807, 2.05) is 19.1 Å². The Morgan fingerprint density at radius 3 is 2.50 bits per heavy atom. The van der Waals surface area contributed by atoms with Gasteiger partial charge >= 0.3 is 0 Å². The number of amides is 1. The van der Waals surface area contributed by atoms with Crippen LogP contribution in [0.3, 0.4) is 0 Å². The number of hydrogen-bond donors (Lipinski definition) is 1. The Balaban J connectivity index is 1.69. The summed E-state index contributed by atoms with van der Waals surface area (Å²) in [5, 5.41) is 8.55. The Morgan fingerprint density at radius 1 is 1.15 bits per heavy atom. The second kappa shape index (κ2) is 5.57. The molecular formula is C18H18N4O3S. The summed E-state index contributed by atoms with van der Waals surface area (Å²) in [5.74, 6) is -0.405. The minimum absolute atomic E-state index is 0.243. The summed E-state index contributed by atoms with van der Waals surface area (Å²) in [7, 11) is -1.96. The predicted octanol–water partition coefficient (Wildman–Crippen LogP) is 2.34. The molecule has 1 aliphatic rings. The molecule has 0 aliphatic carbocycles. The number of anilines is 2. The van der Waals surface area contributed by atoms with Crippen LogP contribution in [0.25, 0.3) is 10.8 Å². The molecule has 3 aromatic rings. The van der Waals surface area contributed by atoms with Crippen molar-refractivity contribution < 1.29 is 13.2 Å². The van der Waals surface area contributed by atoms with Crippen LogP contribution >= 0.6 is 0 Å². The molecule has 4 rings (SSSR count). The van der Waals surface area contributed by atoms with Crippen LogP contribution in [0.4, 0.5) is 11.4 Å². The molecule has 1 amide bonds. The van der Waals surface area contributed by atoms with Crippen LogP contribution in [-0.2, 0) is 21.9 Å². The predicted molar refractivity (Wildman–Crippen MR) is 99.8 cm³/mol. The summed E-state index contributed by atoms with van der Waals surface area (Å²) in [6.07, 6.45) is 0. The SMILES string of the molecule is Cc1nn(C)c(C)c1NC(=O)CN1c2cccc3cccc(c23)S1(=O)=O. The summed E-state index contributed by atoms with van der Waals surface area (Å²) in [6, 6.07) is 10.5. The number of aryl methyl sites for hydroxylation is 2. The lowest BCUT2D eigenvalue weighted by molar-refractivity contribution is -0.114. The van der Waals surface area contributed by atoms with Crippen molar-refractivity contribution >= 4 is 38.1 Å². The van der Waals surface area contributed by atoms with Gasteiger partial charge in [-0.15, -0.1) is 0 Å². The number of nitrogens with one attached hydrogen (secondary N) is 1. The molecule has 0 fully saturated rings. The first kappa shape index (κ1) is 16.6. The number of hydrogen-bond acceptors (Lipinski definition) is 4. The zero-order valence-electron chi connectivity index (χ0n) is 14.6. The van der Waals surface area contributed by atoms with Crippen LogP contribution in [0.1, 0.15) is 11.4 Å². The normalized spacial score (nSPS) is 14.8. The Bertz CT molecular complexity index is 1160. The quantitative estimate of drug-likeness (QED) is 0.767. The molecule has 1 N–H and O–H groups in total. The summed E-state index contributed by atoms with van der Waals surface area (Å²) in [5.41, 5.74) is 2.65. The van der Waals surface area contributed by atoms with Gasteiger partial charge in [-0.05, 0) is 31.4 Å². The van der Waals surface area contributed by atoms with Gasteiger partial charge in [-0.2, -0.15) is 5.10 Å². The third kappa shape index (κ3) is 2.29. The molecule has 0 bridgehead atoms.